The molecule has 2 aromatic rings. The lowest BCUT2D eigenvalue weighted by Gasteiger charge is -2.16. The van der Waals surface area contributed by atoms with Crippen molar-refractivity contribution in [2.24, 2.45) is 0 Å². The van der Waals surface area contributed by atoms with Crippen LogP contribution in [0, 0.1) is 24.0 Å². The summed E-state index contributed by atoms with van der Waals surface area (Å²) in [5.74, 6) is 0. The van der Waals surface area contributed by atoms with Gasteiger partial charge in [0.15, 0.2) is 0 Å². The van der Waals surface area contributed by atoms with Gasteiger partial charge in [-0.05, 0) is 49.2 Å². The van der Waals surface area contributed by atoms with Crippen LogP contribution in [0.5, 0.6) is 0 Å². The maximum atomic E-state index is 10.8. The van der Waals surface area contributed by atoms with E-state index in [1.54, 1.807) is 18.3 Å². The molecule has 1 unspecified atom stereocenters. The minimum Gasteiger partial charge on any atom is -0.371 e. The maximum Gasteiger partial charge on any atom is 0.229 e. The van der Waals surface area contributed by atoms with Crippen molar-refractivity contribution in [3.63, 3.8) is 0 Å². The van der Waals surface area contributed by atoms with Crippen molar-refractivity contribution in [3.8, 4) is 0 Å². The molecule has 0 amide bonds. The molecule has 0 fully saturated rings. The summed E-state index contributed by atoms with van der Waals surface area (Å²) in [6.45, 7) is 3.85. The Morgan fingerprint density at radius 1 is 1.25 bits per heavy atom. The van der Waals surface area contributed by atoms with E-state index in [1.807, 2.05) is 38.1 Å². The first kappa shape index (κ1) is 14.0. The van der Waals surface area contributed by atoms with Crippen molar-refractivity contribution in [1.82, 2.24) is 4.98 Å². The fourth-order valence-corrected chi connectivity index (χ4v) is 1.98. The number of hydrogen-bond acceptors (Lipinski definition) is 4. The Morgan fingerprint density at radius 2 is 2.05 bits per heavy atom. The zero-order valence-corrected chi connectivity index (χ0v) is 11.5. The molecular formula is C15H17N3O2. The fourth-order valence-electron chi connectivity index (χ4n) is 1.98. The number of pyridine rings is 1. The van der Waals surface area contributed by atoms with Crippen LogP contribution >= 0.6 is 0 Å². The first-order chi connectivity index (χ1) is 9.56. The van der Waals surface area contributed by atoms with Crippen molar-refractivity contribution >= 4 is 5.69 Å². The van der Waals surface area contributed by atoms with E-state index in [2.05, 4.69) is 10.3 Å². The van der Waals surface area contributed by atoms with E-state index in [0.29, 0.717) is 5.69 Å². The fraction of sp³-hybridized carbons (Fsp3) is 0.267. The normalized spacial score (nSPS) is 11.9. The third-order valence-corrected chi connectivity index (χ3v) is 3.22. The molecule has 0 saturated carbocycles. The van der Waals surface area contributed by atoms with Gasteiger partial charge in [-0.15, -0.1) is 0 Å². The summed E-state index contributed by atoms with van der Waals surface area (Å²) in [4.78, 5) is 14.7. The number of anilines is 1. The second-order valence-electron chi connectivity index (χ2n) is 4.77. The summed E-state index contributed by atoms with van der Waals surface area (Å²) in [6.07, 6.45) is 1.64. The SMILES string of the molecule is Cc1ccc(NC(C[N+](=O)[O-])c2ccccn2)cc1C. The molecule has 0 bridgehead atoms. The molecule has 0 spiro atoms. The van der Waals surface area contributed by atoms with Gasteiger partial charge in [-0.1, -0.05) is 12.1 Å². The van der Waals surface area contributed by atoms with Gasteiger partial charge in [-0.25, -0.2) is 0 Å². The number of nitro groups is 1. The quantitative estimate of drug-likeness (QED) is 0.670. The zero-order chi connectivity index (χ0) is 14.5. The van der Waals surface area contributed by atoms with Crippen LogP contribution in [0.1, 0.15) is 22.9 Å². The Balaban J connectivity index is 2.23. The number of aromatic nitrogens is 1. The molecule has 2 rings (SSSR count). The van der Waals surface area contributed by atoms with E-state index in [-0.39, 0.29) is 11.5 Å². The van der Waals surface area contributed by atoms with Gasteiger partial charge in [0.25, 0.3) is 0 Å². The van der Waals surface area contributed by atoms with Crippen LogP contribution in [-0.2, 0) is 0 Å². The molecule has 5 nitrogen and oxygen atoms in total. The predicted molar refractivity (Wildman–Crippen MR) is 78.4 cm³/mol. The van der Waals surface area contributed by atoms with Crippen molar-refractivity contribution in [1.29, 1.82) is 0 Å². The summed E-state index contributed by atoms with van der Waals surface area (Å²) in [7, 11) is 0. The van der Waals surface area contributed by atoms with Gasteiger partial charge in [0.1, 0.15) is 6.04 Å². The average molecular weight is 271 g/mol. The topological polar surface area (TPSA) is 68.1 Å². The standard InChI is InChI=1S/C15H17N3O2/c1-11-6-7-13(9-12(11)2)17-15(10-18(19)20)14-5-3-4-8-16-14/h3-9,15,17H,10H2,1-2H3. The predicted octanol–water partition coefficient (Wildman–Crippen LogP) is 3.13. The number of aryl methyl sites for hydroxylation is 2. The van der Waals surface area contributed by atoms with Gasteiger partial charge in [-0.3, -0.25) is 15.1 Å². The van der Waals surface area contributed by atoms with E-state index < -0.39 is 6.04 Å². The van der Waals surface area contributed by atoms with Crippen LogP contribution in [0.2, 0.25) is 0 Å². The molecule has 0 aliphatic carbocycles. The van der Waals surface area contributed by atoms with Gasteiger partial charge in [0.05, 0.1) is 5.69 Å². The van der Waals surface area contributed by atoms with Gasteiger partial charge >= 0.3 is 0 Å². The van der Waals surface area contributed by atoms with Crippen LogP contribution in [0.15, 0.2) is 42.6 Å². The summed E-state index contributed by atoms with van der Waals surface area (Å²) in [6, 6.07) is 10.9. The number of nitrogens with one attached hydrogen (secondary N) is 1. The molecule has 5 heteroatoms. The Kier molecular flexibility index (Phi) is 4.30. The first-order valence-corrected chi connectivity index (χ1v) is 6.43. The number of hydrogen-bond donors (Lipinski definition) is 1. The van der Waals surface area contributed by atoms with Crippen molar-refractivity contribution in [2.75, 3.05) is 11.9 Å². The third kappa shape index (κ3) is 3.54. The van der Waals surface area contributed by atoms with Crippen LogP contribution < -0.4 is 5.32 Å². The largest absolute Gasteiger partial charge is 0.371 e. The van der Waals surface area contributed by atoms with E-state index in [0.717, 1.165) is 11.3 Å². The lowest BCUT2D eigenvalue weighted by Crippen LogP contribution is -2.21. The molecule has 0 aliphatic rings. The number of rotatable bonds is 5. The highest BCUT2D eigenvalue weighted by atomic mass is 16.6. The summed E-state index contributed by atoms with van der Waals surface area (Å²) in [5, 5.41) is 14.0. The summed E-state index contributed by atoms with van der Waals surface area (Å²) < 4.78 is 0. The van der Waals surface area contributed by atoms with Crippen molar-refractivity contribution in [2.45, 2.75) is 19.9 Å². The van der Waals surface area contributed by atoms with Crippen molar-refractivity contribution < 1.29 is 4.92 Å². The summed E-state index contributed by atoms with van der Waals surface area (Å²) >= 11 is 0. The third-order valence-electron chi connectivity index (χ3n) is 3.22. The molecule has 104 valence electrons. The smallest absolute Gasteiger partial charge is 0.229 e. The molecule has 1 aromatic heterocycles. The molecule has 0 aliphatic heterocycles. The minimum absolute atomic E-state index is 0.204. The van der Waals surface area contributed by atoms with Crippen LogP contribution in [0.4, 0.5) is 5.69 Å². The Morgan fingerprint density at radius 3 is 2.65 bits per heavy atom. The molecular weight excluding hydrogens is 254 g/mol. The van der Waals surface area contributed by atoms with Gasteiger partial charge in [-0.2, -0.15) is 0 Å². The van der Waals surface area contributed by atoms with Gasteiger partial charge in [0.2, 0.25) is 6.54 Å². The molecule has 0 saturated heterocycles. The van der Waals surface area contributed by atoms with Gasteiger partial charge in [0, 0.05) is 16.8 Å². The summed E-state index contributed by atoms with van der Waals surface area (Å²) in [5.41, 5.74) is 3.88. The van der Waals surface area contributed by atoms with E-state index in [9.17, 15) is 10.1 Å². The van der Waals surface area contributed by atoms with E-state index in [1.165, 1.54) is 5.56 Å². The zero-order valence-electron chi connectivity index (χ0n) is 11.5. The van der Waals surface area contributed by atoms with Crippen molar-refractivity contribution in [3.05, 3.63) is 69.5 Å². The molecule has 1 aromatic carbocycles. The molecule has 1 atom stereocenters. The number of benzene rings is 1. The molecule has 1 heterocycles. The number of nitrogens with zero attached hydrogens (tertiary/aromatic N) is 2. The lowest BCUT2D eigenvalue weighted by atomic mass is 10.1. The highest BCUT2D eigenvalue weighted by Crippen LogP contribution is 2.20. The van der Waals surface area contributed by atoms with Crippen LogP contribution in [0.3, 0.4) is 0 Å². The second kappa shape index (κ2) is 6.14. The first-order valence-electron chi connectivity index (χ1n) is 6.43. The highest BCUT2D eigenvalue weighted by molar-refractivity contribution is 5.49. The molecule has 1 N–H and O–H groups in total. The second-order valence-corrected chi connectivity index (χ2v) is 4.77. The molecule has 20 heavy (non-hydrogen) atoms. The monoisotopic (exact) mass is 271 g/mol. The van der Waals surface area contributed by atoms with Gasteiger partial charge < -0.3 is 5.32 Å². The minimum atomic E-state index is -0.437. The Labute approximate surface area is 117 Å². The van der Waals surface area contributed by atoms with E-state index >= 15 is 0 Å². The Hall–Kier alpha value is -2.43. The lowest BCUT2D eigenvalue weighted by molar-refractivity contribution is -0.482. The van der Waals surface area contributed by atoms with Crippen LogP contribution in [-0.4, -0.2) is 16.5 Å². The highest BCUT2D eigenvalue weighted by Gasteiger charge is 2.18. The molecule has 0 radical (unpaired) electrons. The maximum absolute atomic E-state index is 10.8. The van der Waals surface area contributed by atoms with Crippen LogP contribution in [0.25, 0.3) is 0 Å². The van der Waals surface area contributed by atoms with E-state index in [4.69, 9.17) is 0 Å². The average Bonchev–Trinajstić information content (AvgIpc) is 2.43. The Bertz CT molecular complexity index is 599.